The monoisotopic (exact) mass is 491 g/mol. The number of carbonyl (C=O) groups is 1. The molecule has 2 heterocycles. The van der Waals surface area contributed by atoms with Crippen LogP contribution in [0.25, 0.3) is 0 Å². The minimum Gasteiger partial charge on any atom is -0.497 e. The van der Waals surface area contributed by atoms with Crippen LogP contribution in [0.5, 0.6) is 17.2 Å². The summed E-state index contributed by atoms with van der Waals surface area (Å²) < 4.78 is 29.7. The number of nitrogens with one attached hydrogen (secondary N) is 1. The van der Waals surface area contributed by atoms with Crippen LogP contribution in [-0.2, 0) is 11.2 Å². The maximum absolute atomic E-state index is 13.7. The first kappa shape index (κ1) is 23.8. The Bertz CT molecular complexity index is 1250. The highest BCUT2D eigenvalue weighted by molar-refractivity contribution is 5.94. The number of nitrogens with zero attached hydrogens (tertiary/aromatic N) is 2. The minimum atomic E-state index is -0.290. The Morgan fingerprint density at radius 1 is 0.917 bits per heavy atom. The molecule has 0 spiro atoms. The van der Waals surface area contributed by atoms with E-state index in [0.717, 1.165) is 35.8 Å². The normalized spacial score (nSPS) is 18.7. The van der Waals surface area contributed by atoms with Crippen LogP contribution in [0.3, 0.4) is 0 Å². The first-order valence-corrected chi connectivity index (χ1v) is 12.0. The molecule has 0 aliphatic carbocycles. The zero-order chi connectivity index (χ0) is 25.2. The summed E-state index contributed by atoms with van der Waals surface area (Å²) in [5, 5.41) is 3.09. The Balaban J connectivity index is 1.45. The Hall–Kier alpha value is -3.94. The molecular formula is C28H30FN3O4. The van der Waals surface area contributed by atoms with Crippen LogP contribution in [0.4, 0.5) is 21.5 Å². The third-order valence-corrected chi connectivity index (χ3v) is 7.10. The molecule has 1 fully saturated rings. The minimum absolute atomic E-state index is 0.0559. The third-order valence-electron chi connectivity index (χ3n) is 7.10. The maximum Gasteiger partial charge on any atom is 0.229 e. The van der Waals surface area contributed by atoms with Crippen molar-refractivity contribution in [3.63, 3.8) is 0 Å². The smallest absolute Gasteiger partial charge is 0.229 e. The molecule has 3 aromatic carbocycles. The molecule has 2 atom stereocenters. The molecular weight excluding hydrogens is 461 g/mol. The molecule has 3 aromatic rings. The second kappa shape index (κ2) is 9.97. The van der Waals surface area contributed by atoms with E-state index in [2.05, 4.69) is 21.2 Å². The van der Waals surface area contributed by atoms with Crippen molar-refractivity contribution in [3.05, 3.63) is 72.0 Å². The Morgan fingerprint density at radius 2 is 1.69 bits per heavy atom. The van der Waals surface area contributed by atoms with Gasteiger partial charge >= 0.3 is 0 Å². The molecule has 0 saturated carbocycles. The molecule has 0 bridgehead atoms. The average molecular weight is 492 g/mol. The molecule has 36 heavy (non-hydrogen) atoms. The largest absolute Gasteiger partial charge is 0.497 e. The molecule has 7 nitrogen and oxygen atoms in total. The summed E-state index contributed by atoms with van der Waals surface area (Å²) in [7, 11) is 4.81. The van der Waals surface area contributed by atoms with E-state index in [0.29, 0.717) is 30.2 Å². The molecule has 2 aliphatic heterocycles. The van der Waals surface area contributed by atoms with Crippen LogP contribution in [0.2, 0.25) is 0 Å². The van der Waals surface area contributed by atoms with Gasteiger partial charge in [-0.3, -0.25) is 4.79 Å². The predicted octanol–water partition coefficient (Wildman–Crippen LogP) is 4.36. The van der Waals surface area contributed by atoms with Crippen molar-refractivity contribution in [2.45, 2.75) is 12.5 Å². The van der Waals surface area contributed by atoms with E-state index < -0.39 is 0 Å². The Morgan fingerprint density at radius 3 is 2.42 bits per heavy atom. The fourth-order valence-corrected chi connectivity index (χ4v) is 5.24. The highest BCUT2D eigenvalue weighted by Gasteiger charge is 2.42. The van der Waals surface area contributed by atoms with Gasteiger partial charge in [-0.25, -0.2) is 4.39 Å². The lowest BCUT2D eigenvalue weighted by molar-refractivity contribution is -0.120. The topological polar surface area (TPSA) is 63.3 Å². The first-order valence-electron chi connectivity index (χ1n) is 12.0. The summed E-state index contributed by atoms with van der Waals surface area (Å²) in [6.45, 7) is 2.15. The van der Waals surface area contributed by atoms with Crippen molar-refractivity contribution < 1.29 is 23.4 Å². The number of anilines is 3. The van der Waals surface area contributed by atoms with Crippen LogP contribution in [0.1, 0.15) is 5.56 Å². The van der Waals surface area contributed by atoms with Crippen LogP contribution in [0, 0.1) is 11.7 Å². The Labute approximate surface area is 210 Å². The van der Waals surface area contributed by atoms with E-state index >= 15 is 0 Å². The Kier molecular flexibility index (Phi) is 6.59. The molecule has 2 unspecified atom stereocenters. The maximum atomic E-state index is 13.7. The van der Waals surface area contributed by atoms with Gasteiger partial charge in [-0.1, -0.05) is 6.07 Å². The van der Waals surface area contributed by atoms with E-state index in [1.54, 1.807) is 45.6 Å². The van der Waals surface area contributed by atoms with E-state index in [9.17, 15) is 9.18 Å². The number of rotatable bonds is 6. The third kappa shape index (κ3) is 4.51. The van der Waals surface area contributed by atoms with Crippen LogP contribution < -0.4 is 29.3 Å². The van der Waals surface area contributed by atoms with Crippen LogP contribution >= 0.6 is 0 Å². The number of ether oxygens (including phenoxy) is 3. The summed E-state index contributed by atoms with van der Waals surface area (Å²) in [5.74, 6) is 1.34. The van der Waals surface area contributed by atoms with Crippen molar-refractivity contribution in [1.82, 2.24) is 0 Å². The first-order chi connectivity index (χ1) is 17.5. The van der Waals surface area contributed by atoms with Crippen molar-refractivity contribution >= 4 is 23.0 Å². The molecule has 188 valence electrons. The van der Waals surface area contributed by atoms with Gasteiger partial charge in [-0.05, 0) is 54.4 Å². The number of hydrogen-bond acceptors (Lipinski definition) is 6. The van der Waals surface area contributed by atoms with Crippen molar-refractivity contribution in [2.24, 2.45) is 5.92 Å². The van der Waals surface area contributed by atoms with E-state index in [1.165, 1.54) is 12.1 Å². The van der Waals surface area contributed by atoms with Gasteiger partial charge < -0.3 is 29.3 Å². The zero-order valence-corrected chi connectivity index (χ0v) is 20.7. The highest BCUT2D eigenvalue weighted by Crippen LogP contribution is 2.39. The quantitative estimate of drug-likeness (QED) is 0.553. The fraction of sp³-hybridized carbons (Fsp3) is 0.321. The van der Waals surface area contributed by atoms with Gasteiger partial charge in [-0.2, -0.15) is 0 Å². The number of halogens is 1. The summed E-state index contributed by atoms with van der Waals surface area (Å²) in [6.07, 6.45) is 0.608. The second-order valence-corrected chi connectivity index (χ2v) is 9.05. The van der Waals surface area contributed by atoms with Crippen molar-refractivity contribution in [3.8, 4) is 17.2 Å². The van der Waals surface area contributed by atoms with Gasteiger partial charge in [0.15, 0.2) is 11.5 Å². The molecule has 5 rings (SSSR count). The lowest BCUT2D eigenvalue weighted by Gasteiger charge is -2.49. The number of piperazine rings is 1. The predicted molar refractivity (Wildman–Crippen MR) is 138 cm³/mol. The molecule has 1 N–H and O–H groups in total. The molecule has 1 amide bonds. The van der Waals surface area contributed by atoms with E-state index in [1.807, 2.05) is 18.2 Å². The van der Waals surface area contributed by atoms with Crippen LogP contribution in [0.15, 0.2) is 60.7 Å². The summed E-state index contributed by atoms with van der Waals surface area (Å²) >= 11 is 0. The summed E-state index contributed by atoms with van der Waals surface area (Å²) in [4.78, 5) is 18.2. The number of benzene rings is 3. The van der Waals surface area contributed by atoms with E-state index in [-0.39, 0.29) is 23.7 Å². The lowest BCUT2D eigenvalue weighted by Crippen LogP contribution is -2.60. The van der Waals surface area contributed by atoms with Gasteiger partial charge in [0.25, 0.3) is 0 Å². The number of amides is 1. The SMILES string of the molecule is COc1ccc2c(c1)N1CCN(c3ccc(F)cc3)CC1C(C(=O)Nc1ccc(OC)c(OC)c1)C2. The number of methoxy groups -OCH3 is 3. The van der Waals surface area contributed by atoms with Crippen molar-refractivity contribution in [2.75, 3.05) is 56.1 Å². The highest BCUT2D eigenvalue weighted by atomic mass is 19.1. The van der Waals surface area contributed by atoms with E-state index in [4.69, 9.17) is 14.2 Å². The fourth-order valence-electron chi connectivity index (χ4n) is 5.24. The van der Waals surface area contributed by atoms with Gasteiger partial charge in [0.2, 0.25) is 5.91 Å². The second-order valence-electron chi connectivity index (χ2n) is 9.05. The lowest BCUT2D eigenvalue weighted by atomic mass is 9.83. The number of fused-ring (bicyclic) bond motifs is 3. The van der Waals surface area contributed by atoms with Crippen LogP contribution in [-0.4, -0.2) is 52.9 Å². The molecule has 0 radical (unpaired) electrons. The van der Waals surface area contributed by atoms with Gasteiger partial charge in [0.05, 0.1) is 33.3 Å². The number of carbonyl (C=O) groups excluding carboxylic acids is 1. The molecule has 8 heteroatoms. The molecule has 1 saturated heterocycles. The zero-order valence-electron chi connectivity index (χ0n) is 20.7. The van der Waals surface area contributed by atoms with Gasteiger partial charge in [-0.15, -0.1) is 0 Å². The molecule has 0 aromatic heterocycles. The summed E-state index contributed by atoms with van der Waals surface area (Å²) in [5.41, 5.74) is 3.82. The van der Waals surface area contributed by atoms with Crippen molar-refractivity contribution in [1.29, 1.82) is 0 Å². The average Bonchev–Trinajstić information content (AvgIpc) is 2.92. The van der Waals surface area contributed by atoms with Gasteiger partial charge in [0.1, 0.15) is 11.6 Å². The molecule has 2 aliphatic rings. The number of hydrogen-bond donors (Lipinski definition) is 1. The summed E-state index contributed by atoms with van der Waals surface area (Å²) in [6, 6.07) is 17.9. The standard InChI is InChI=1S/C28H30FN3O4/c1-34-22-10-4-18-14-23(28(33)30-20-7-11-26(35-2)27(15-20)36-3)25-17-31(12-13-32(25)24(18)16-22)21-8-5-19(29)6-9-21/h4-11,15-16,23,25H,12-14,17H2,1-3H3,(H,30,33). The van der Waals surface area contributed by atoms with Gasteiger partial charge in [0, 0.05) is 48.8 Å².